The van der Waals surface area contributed by atoms with Crippen molar-refractivity contribution in [2.45, 2.75) is 25.7 Å². The Labute approximate surface area is 177 Å². The molecule has 1 aliphatic heterocycles. The number of nitrogens with one attached hydrogen (secondary N) is 1. The largest absolute Gasteiger partial charge is 0.356 e. The number of anilines is 2. The minimum absolute atomic E-state index is 0.247. The Hall–Kier alpha value is -3.59. The number of halogens is 1. The second-order valence-electron chi connectivity index (χ2n) is 8.01. The van der Waals surface area contributed by atoms with Crippen molar-refractivity contribution in [1.29, 1.82) is 0 Å². The van der Waals surface area contributed by atoms with Crippen molar-refractivity contribution in [3.05, 3.63) is 60.2 Å². The molecular weight excluding hydrogens is 397 g/mol. The highest BCUT2D eigenvalue weighted by atomic mass is 19.1. The highest BCUT2D eigenvalue weighted by Gasteiger charge is 2.34. The highest BCUT2D eigenvalue weighted by molar-refractivity contribution is 5.89. The normalized spacial score (nSPS) is 17.7. The van der Waals surface area contributed by atoms with Crippen molar-refractivity contribution in [3.8, 4) is 11.5 Å². The molecule has 3 aromatic heterocycles. The lowest BCUT2D eigenvalue weighted by Gasteiger charge is -2.21. The van der Waals surface area contributed by atoms with Crippen LogP contribution >= 0.6 is 0 Å². The molecule has 1 saturated carbocycles. The van der Waals surface area contributed by atoms with E-state index >= 15 is 0 Å². The van der Waals surface area contributed by atoms with Gasteiger partial charge in [-0.3, -0.25) is 0 Å². The Bertz CT molecular complexity index is 1290. The molecule has 1 aliphatic carbocycles. The van der Waals surface area contributed by atoms with E-state index in [0.717, 1.165) is 17.6 Å². The van der Waals surface area contributed by atoms with E-state index in [4.69, 9.17) is 0 Å². The molecular formula is C22H20FN7O. The zero-order valence-corrected chi connectivity index (χ0v) is 16.6. The maximum absolute atomic E-state index is 14.2. The van der Waals surface area contributed by atoms with Gasteiger partial charge in [-0.05, 0) is 37.0 Å². The van der Waals surface area contributed by atoms with Gasteiger partial charge in [0.15, 0.2) is 17.3 Å². The SMILES string of the molecule is OC1Nc2nc(-c3nn(Cc4ccccc4F)c4ncccc34)ncc2N1CC1CC1. The van der Waals surface area contributed by atoms with Crippen LogP contribution in [0.3, 0.4) is 0 Å². The van der Waals surface area contributed by atoms with Crippen molar-refractivity contribution in [2.75, 3.05) is 16.8 Å². The van der Waals surface area contributed by atoms with Crippen molar-refractivity contribution in [3.63, 3.8) is 0 Å². The van der Waals surface area contributed by atoms with E-state index in [2.05, 4.69) is 25.4 Å². The highest BCUT2D eigenvalue weighted by Crippen LogP contribution is 2.38. The van der Waals surface area contributed by atoms with Crippen LogP contribution in [0.1, 0.15) is 18.4 Å². The average Bonchev–Trinajstić information content (AvgIpc) is 3.46. The second kappa shape index (κ2) is 6.98. The van der Waals surface area contributed by atoms with Gasteiger partial charge < -0.3 is 15.3 Å². The number of benzene rings is 1. The van der Waals surface area contributed by atoms with Crippen molar-refractivity contribution >= 4 is 22.5 Å². The van der Waals surface area contributed by atoms with E-state index in [1.54, 1.807) is 35.3 Å². The van der Waals surface area contributed by atoms with E-state index in [0.29, 0.717) is 34.5 Å². The summed E-state index contributed by atoms with van der Waals surface area (Å²) in [4.78, 5) is 15.5. The molecule has 31 heavy (non-hydrogen) atoms. The van der Waals surface area contributed by atoms with Crippen molar-refractivity contribution in [1.82, 2.24) is 24.7 Å². The van der Waals surface area contributed by atoms with E-state index in [-0.39, 0.29) is 12.4 Å². The fourth-order valence-corrected chi connectivity index (χ4v) is 3.99. The quantitative estimate of drug-likeness (QED) is 0.516. The molecule has 8 nitrogen and oxygen atoms in total. The summed E-state index contributed by atoms with van der Waals surface area (Å²) in [5.74, 6) is 1.34. The van der Waals surface area contributed by atoms with Crippen molar-refractivity contribution in [2.24, 2.45) is 5.92 Å². The molecule has 1 atom stereocenters. The number of pyridine rings is 1. The first kappa shape index (κ1) is 18.2. The molecule has 0 spiro atoms. The molecule has 0 radical (unpaired) electrons. The molecule has 0 saturated heterocycles. The van der Waals surface area contributed by atoms with E-state index in [1.165, 1.54) is 18.9 Å². The van der Waals surface area contributed by atoms with Gasteiger partial charge in [-0.1, -0.05) is 18.2 Å². The predicted octanol–water partition coefficient (Wildman–Crippen LogP) is 2.99. The summed E-state index contributed by atoms with van der Waals surface area (Å²) in [7, 11) is 0. The maximum Gasteiger partial charge on any atom is 0.206 e. The number of nitrogens with zero attached hydrogens (tertiary/aromatic N) is 6. The third kappa shape index (κ3) is 3.17. The summed E-state index contributed by atoms with van der Waals surface area (Å²) >= 11 is 0. The lowest BCUT2D eigenvalue weighted by Crippen LogP contribution is -2.36. The molecule has 4 aromatic rings. The van der Waals surface area contributed by atoms with Gasteiger partial charge in [-0.15, -0.1) is 0 Å². The first-order chi connectivity index (χ1) is 15.2. The summed E-state index contributed by atoms with van der Waals surface area (Å²) in [5.41, 5.74) is 2.52. The summed E-state index contributed by atoms with van der Waals surface area (Å²) in [5, 5.41) is 18.9. The van der Waals surface area contributed by atoms with Gasteiger partial charge in [0.2, 0.25) is 6.35 Å². The van der Waals surface area contributed by atoms with Gasteiger partial charge in [0.25, 0.3) is 0 Å². The minimum Gasteiger partial charge on any atom is -0.356 e. The van der Waals surface area contributed by atoms with E-state index < -0.39 is 6.35 Å². The molecule has 1 unspecified atom stereocenters. The predicted molar refractivity (Wildman–Crippen MR) is 114 cm³/mol. The summed E-state index contributed by atoms with van der Waals surface area (Å²) in [6.45, 7) is 1.03. The van der Waals surface area contributed by atoms with Crippen LogP contribution in [-0.4, -0.2) is 42.7 Å². The third-order valence-electron chi connectivity index (χ3n) is 5.79. The topological polar surface area (TPSA) is 92.0 Å². The van der Waals surface area contributed by atoms with Crippen LogP contribution in [0.2, 0.25) is 0 Å². The van der Waals surface area contributed by atoms with Crippen LogP contribution in [0.25, 0.3) is 22.6 Å². The number of aliphatic hydroxyl groups excluding tert-OH is 1. The standard InChI is InChI=1S/C22H20FN7O/c23-16-6-2-1-4-14(16)12-30-21-15(5-3-9-24-21)18(28-30)20-25-10-17-19(26-20)27-22(31)29(17)11-13-7-8-13/h1-6,9-10,13,22,31H,7-8,11-12H2,(H,25,26,27). The minimum atomic E-state index is -0.808. The van der Waals surface area contributed by atoms with Crippen LogP contribution in [0.15, 0.2) is 48.8 Å². The van der Waals surface area contributed by atoms with Gasteiger partial charge in [0, 0.05) is 18.3 Å². The number of aliphatic hydroxyl groups is 1. The second-order valence-corrected chi connectivity index (χ2v) is 8.01. The number of rotatable bonds is 5. The third-order valence-corrected chi connectivity index (χ3v) is 5.79. The maximum atomic E-state index is 14.2. The Balaban J connectivity index is 1.40. The summed E-state index contributed by atoms with van der Waals surface area (Å²) < 4.78 is 15.9. The number of hydrogen-bond acceptors (Lipinski definition) is 7. The fraction of sp³-hybridized carbons (Fsp3) is 0.273. The molecule has 2 N–H and O–H groups in total. The number of hydrogen-bond donors (Lipinski definition) is 2. The lowest BCUT2D eigenvalue weighted by molar-refractivity contribution is 0.202. The monoisotopic (exact) mass is 417 g/mol. The zero-order valence-electron chi connectivity index (χ0n) is 16.6. The summed E-state index contributed by atoms with van der Waals surface area (Å²) in [6, 6.07) is 10.4. The number of fused-ring (bicyclic) bond motifs is 2. The van der Waals surface area contributed by atoms with Crippen molar-refractivity contribution < 1.29 is 9.50 Å². The van der Waals surface area contributed by atoms with Gasteiger partial charge in [0.1, 0.15) is 17.2 Å². The molecule has 9 heteroatoms. The van der Waals surface area contributed by atoms with Crippen LogP contribution in [0.4, 0.5) is 15.9 Å². The van der Waals surface area contributed by atoms with Crippen LogP contribution in [0.5, 0.6) is 0 Å². The number of aromatic nitrogens is 5. The fourth-order valence-electron chi connectivity index (χ4n) is 3.99. The summed E-state index contributed by atoms with van der Waals surface area (Å²) in [6.07, 6.45) is 4.98. The van der Waals surface area contributed by atoms with Gasteiger partial charge in [-0.25, -0.2) is 24.0 Å². The van der Waals surface area contributed by atoms with Crippen LogP contribution < -0.4 is 10.2 Å². The molecule has 4 heterocycles. The first-order valence-electron chi connectivity index (χ1n) is 10.3. The Kier molecular flexibility index (Phi) is 4.10. The molecule has 2 aliphatic rings. The van der Waals surface area contributed by atoms with Crippen LogP contribution in [-0.2, 0) is 6.54 Å². The van der Waals surface area contributed by atoms with E-state index in [9.17, 15) is 9.50 Å². The zero-order chi connectivity index (χ0) is 20.9. The molecule has 6 rings (SSSR count). The molecule has 1 aromatic carbocycles. The molecule has 0 bridgehead atoms. The molecule has 1 fully saturated rings. The Morgan fingerprint density at radius 2 is 2.00 bits per heavy atom. The van der Waals surface area contributed by atoms with E-state index in [1.807, 2.05) is 17.0 Å². The lowest BCUT2D eigenvalue weighted by atomic mass is 10.2. The van der Waals surface area contributed by atoms with Gasteiger partial charge >= 0.3 is 0 Å². The van der Waals surface area contributed by atoms with Gasteiger partial charge in [0.05, 0.1) is 18.1 Å². The smallest absolute Gasteiger partial charge is 0.206 e. The molecule has 156 valence electrons. The average molecular weight is 417 g/mol. The Morgan fingerprint density at radius 3 is 2.84 bits per heavy atom. The molecule has 0 amide bonds. The van der Waals surface area contributed by atoms with Gasteiger partial charge in [-0.2, -0.15) is 5.10 Å². The first-order valence-corrected chi connectivity index (χ1v) is 10.3. The Morgan fingerprint density at radius 1 is 1.13 bits per heavy atom. The van der Waals surface area contributed by atoms with Crippen LogP contribution in [0, 0.1) is 11.7 Å².